The molecule has 0 fully saturated rings. The molecule has 0 heterocycles. The summed E-state index contributed by atoms with van der Waals surface area (Å²) in [5, 5.41) is 24.9. The number of unbranched alkanes of at least 4 members (excludes halogenated alkanes) is 1. The fourth-order valence-corrected chi connectivity index (χ4v) is 0.646. The lowest BCUT2D eigenvalue weighted by atomic mass is 10.2. The SMILES string of the molecule is OC(O)(O)CCCCCl. The molecular weight excluding hydrogens is 144 g/mol. The summed E-state index contributed by atoms with van der Waals surface area (Å²) >= 11 is 5.29. The van der Waals surface area contributed by atoms with Crippen LogP contribution >= 0.6 is 11.6 Å². The van der Waals surface area contributed by atoms with Crippen LogP contribution in [0.15, 0.2) is 0 Å². The van der Waals surface area contributed by atoms with E-state index in [1.54, 1.807) is 0 Å². The van der Waals surface area contributed by atoms with Crippen LogP contribution in [0.3, 0.4) is 0 Å². The summed E-state index contributed by atoms with van der Waals surface area (Å²) in [4.78, 5) is 0. The minimum absolute atomic E-state index is 0.0419. The van der Waals surface area contributed by atoms with E-state index in [-0.39, 0.29) is 6.42 Å². The summed E-state index contributed by atoms with van der Waals surface area (Å²) in [5.74, 6) is -2.03. The van der Waals surface area contributed by atoms with Gasteiger partial charge in [0.1, 0.15) is 0 Å². The molecule has 0 aromatic heterocycles. The fraction of sp³-hybridized carbons (Fsp3) is 1.00. The minimum atomic E-state index is -2.51. The molecule has 0 saturated carbocycles. The van der Waals surface area contributed by atoms with Gasteiger partial charge in [-0.3, -0.25) is 0 Å². The van der Waals surface area contributed by atoms with Crippen molar-refractivity contribution in [3.8, 4) is 0 Å². The molecule has 4 heteroatoms. The standard InChI is InChI=1S/C5H11ClO3/c6-4-2-1-3-5(7,8)9/h7-9H,1-4H2. The Morgan fingerprint density at radius 2 is 1.67 bits per heavy atom. The van der Waals surface area contributed by atoms with Crippen molar-refractivity contribution in [3.05, 3.63) is 0 Å². The fourth-order valence-electron chi connectivity index (χ4n) is 0.457. The Kier molecular flexibility index (Phi) is 4.14. The van der Waals surface area contributed by atoms with Crippen molar-refractivity contribution in [2.45, 2.75) is 25.2 Å². The third-order valence-corrected chi connectivity index (χ3v) is 1.16. The van der Waals surface area contributed by atoms with E-state index < -0.39 is 5.97 Å². The van der Waals surface area contributed by atoms with Crippen LogP contribution in [0.25, 0.3) is 0 Å². The van der Waals surface area contributed by atoms with Gasteiger partial charge in [-0.05, 0) is 12.8 Å². The van der Waals surface area contributed by atoms with Crippen LogP contribution in [0.4, 0.5) is 0 Å². The first-order valence-corrected chi connectivity index (χ1v) is 3.33. The van der Waals surface area contributed by atoms with Crippen molar-refractivity contribution in [1.29, 1.82) is 0 Å². The molecule has 3 nitrogen and oxygen atoms in total. The Morgan fingerprint density at radius 1 is 1.11 bits per heavy atom. The van der Waals surface area contributed by atoms with Crippen molar-refractivity contribution < 1.29 is 15.3 Å². The number of rotatable bonds is 4. The summed E-state index contributed by atoms with van der Waals surface area (Å²) in [6, 6.07) is 0. The van der Waals surface area contributed by atoms with E-state index in [4.69, 9.17) is 26.9 Å². The average molecular weight is 155 g/mol. The van der Waals surface area contributed by atoms with Gasteiger partial charge >= 0.3 is 0 Å². The van der Waals surface area contributed by atoms with E-state index in [9.17, 15) is 0 Å². The minimum Gasteiger partial charge on any atom is -0.344 e. The maximum Gasteiger partial charge on any atom is 0.275 e. The van der Waals surface area contributed by atoms with E-state index in [0.29, 0.717) is 18.7 Å². The van der Waals surface area contributed by atoms with Gasteiger partial charge in [-0.2, -0.15) is 0 Å². The van der Waals surface area contributed by atoms with Crippen molar-refractivity contribution in [1.82, 2.24) is 0 Å². The van der Waals surface area contributed by atoms with Gasteiger partial charge in [0.15, 0.2) is 0 Å². The zero-order valence-corrected chi connectivity index (χ0v) is 5.80. The molecule has 0 atom stereocenters. The Labute approximate surface area is 58.9 Å². The molecule has 0 radical (unpaired) electrons. The molecule has 0 aromatic carbocycles. The first-order valence-electron chi connectivity index (χ1n) is 2.79. The average Bonchev–Trinajstić information content (AvgIpc) is 1.63. The second-order valence-electron chi connectivity index (χ2n) is 1.92. The predicted molar refractivity (Wildman–Crippen MR) is 34.0 cm³/mol. The number of aliphatic hydroxyl groups is 3. The van der Waals surface area contributed by atoms with E-state index in [1.165, 1.54) is 0 Å². The van der Waals surface area contributed by atoms with Crippen molar-refractivity contribution in [3.63, 3.8) is 0 Å². The Hall–Kier alpha value is 0.170. The number of hydrogen-bond acceptors (Lipinski definition) is 3. The molecule has 9 heavy (non-hydrogen) atoms. The first-order chi connectivity index (χ1) is 4.06. The lowest BCUT2D eigenvalue weighted by Gasteiger charge is -2.12. The molecule has 0 bridgehead atoms. The second kappa shape index (κ2) is 4.06. The molecular formula is C5H11ClO3. The summed E-state index contributed by atoms with van der Waals surface area (Å²) in [6.45, 7) is 0. The zero-order chi connectivity index (χ0) is 7.33. The van der Waals surface area contributed by atoms with Crippen molar-refractivity contribution in [2.75, 3.05) is 5.88 Å². The summed E-state index contributed by atoms with van der Waals surface area (Å²) in [5.41, 5.74) is 0. The maximum absolute atomic E-state index is 8.31. The van der Waals surface area contributed by atoms with Crippen LogP contribution in [-0.2, 0) is 0 Å². The number of alkyl halides is 1. The maximum atomic E-state index is 8.31. The molecule has 0 aliphatic carbocycles. The molecule has 0 aliphatic heterocycles. The Balaban J connectivity index is 3.07. The van der Waals surface area contributed by atoms with Crippen LogP contribution in [0.2, 0.25) is 0 Å². The molecule has 0 rings (SSSR count). The smallest absolute Gasteiger partial charge is 0.275 e. The van der Waals surface area contributed by atoms with E-state index in [2.05, 4.69) is 0 Å². The molecule has 3 N–H and O–H groups in total. The molecule has 0 spiro atoms. The van der Waals surface area contributed by atoms with Crippen LogP contribution in [-0.4, -0.2) is 27.2 Å². The highest BCUT2D eigenvalue weighted by Crippen LogP contribution is 2.06. The second-order valence-corrected chi connectivity index (χ2v) is 2.30. The Bertz CT molecular complexity index is 69.1. The lowest BCUT2D eigenvalue weighted by Crippen LogP contribution is -2.26. The third-order valence-electron chi connectivity index (χ3n) is 0.896. The normalized spacial score (nSPS) is 12.0. The molecule has 0 aromatic rings. The highest BCUT2D eigenvalue weighted by molar-refractivity contribution is 6.17. The topological polar surface area (TPSA) is 60.7 Å². The van der Waals surface area contributed by atoms with E-state index in [0.717, 1.165) is 0 Å². The summed E-state index contributed by atoms with van der Waals surface area (Å²) < 4.78 is 0. The quantitative estimate of drug-likeness (QED) is 0.304. The van der Waals surface area contributed by atoms with Gasteiger partial charge in [-0.1, -0.05) is 0 Å². The summed E-state index contributed by atoms with van der Waals surface area (Å²) in [6.07, 6.45) is 1.16. The molecule has 0 aliphatic rings. The summed E-state index contributed by atoms with van der Waals surface area (Å²) in [7, 11) is 0. The number of halogens is 1. The molecule has 0 amide bonds. The van der Waals surface area contributed by atoms with Crippen LogP contribution in [0.5, 0.6) is 0 Å². The van der Waals surface area contributed by atoms with Gasteiger partial charge in [0.2, 0.25) is 0 Å². The monoisotopic (exact) mass is 154 g/mol. The van der Waals surface area contributed by atoms with Gasteiger partial charge < -0.3 is 15.3 Å². The highest BCUT2D eigenvalue weighted by atomic mass is 35.5. The van der Waals surface area contributed by atoms with Crippen LogP contribution in [0, 0.1) is 0 Å². The highest BCUT2D eigenvalue weighted by Gasteiger charge is 2.15. The van der Waals surface area contributed by atoms with Gasteiger partial charge in [-0.15, -0.1) is 11.6 Å². The predicted octanol–water partition coefficient (Wildman–Crippen LogP) is 0.0262. The molecule has 0 saturated heterocycles. The third kappa shape index (κ3) is 8.17. The van der Waals surface area contributed by atoms with Gasteiger partial charge in [0.25, 0.3) is 5.97 Å². The van der Waals surface area contributed by atoms with Crippen molar-refractivity contribution >= 4 is 11.6 Å². The van der Waals surface area contributed by atoms with Crippen LogP contribution in [0.1, 0.15) is 19.3 Å². The van der Waals surface area contributed by atoms with E-state index in [1.807, 2.05) is 0 Å². The lowest BCUT2D eigenvalue weighted by molar-refractivity contribution is -0.314. The molecule has 56 valence electrons. The first kappa shape index (κ1) is 9.17. The molecule has 0 unspecified atom stereocenters. The van der Waals surface area contributed by atoms with Gasteiger partial charge in [0.05, 0.1) is 0 Å². The number of hydrogen-bond donors (Lipinski definition) is 3. The van der Waals surface area contributed by atoms with Gasteiger partial charge in [0, 0.05) is 12.3 Å². The largest absolute Gasteiger partial charge is 0.344 e. The van der Waals surface area contributed by atoms with Gasteiger partial charge in [-0.25, -0.2) is 0 Å². The van der Waals surface area contributed by atoms with Crippen LogP contribution < -0.4 is 0 Å². The zero-order valence-electron chi connectivity index (χ0n) is 5.05. The Morgan fingerprint density at radius 3 is 2.00 bits per heavy atom. The van der Waals surface area contributed by atoms with E-state index >= 15 is 0 Å². The van der Waals surface area contributed by atoms with Crippen molar-refractivity contribution in [2.24, 2.45) is 0 Å².